The standard InChI is InChI=1S/C24H23ClN6O3/c1-4-31-19-10-17-16(9-14(19)24(2,3)22(31)32)27-21(28-17)20-18(11-26-30-20)29-23(33)34-12-13-7-5-6-8-15(13)25/h5-11H,4,12H2,1-3H3,(H,26,30)(H,27,28)(H,29,33). The molecule has 0 bridgehead atoms. The topological polar surface area (TPSA) is 116 Å². The van der Waals surface area contributed by atoms with Gasteiger partial charge in [-0.2, -0.15) is 5.10 Å². The summed E-state index contributed by atoms with van der Waals surface area (Å²) in [5, 5.41) is 10.1. The van der Waals surface area contributed by atoms with Crippen LogP contribution in [0.4, 0.5) is 16.2 Å². The molecule has 1 aliphatic rings. The molecular weight excluding hydrogens is 456 g/mol. The number of benzene rings is 2. The number of H-pyrrole nitrogens is 2. The summed E-state index contributed by atoms with van der Waals surface area (Å²) >= 11 is 6.11. The molecule has 174 valence electrons. The van der Waals surface area contributed by atoms with Crippen molar-refractivity contribution in [3.8, 4) is 11.5 Å². The lowest BCUT2D eigenvalue weighted by Gasteiger charge is -2.18. The van der Waals surface area contributed by atoms with E-state index in [4.69, 9.17) is 16.3 Å². The molecular formula is C24H23ClN6O3. The van der Waals surface area contributed by atoms with Gasteiger partial charge in [0, 0.05) is 17.1 Å². The predicted molar refractivity (Wildman–Crippen MR) is 130 cm³/mol. The number of imidazole rings is 1. The number of aromatic nitrogens is 4. The van der Waals surface area contributed by atoms with Crippen LogP contribution in [0.2, 0.25) is 5.02 Å². The van der Waals surface area contributed by atoms with Gasteiger partial charge in [0.1, 0.15) is 12.3 Å². The Hall–Kier alpha value is -3.85. The SMILES string of the molecule is CCN1C(=O)C(C)(C)c2cc3[nH]c(-c4[nH]ncc4NC(=O)OCc4ccccc4Cl)nc3cc21. The van der Waals surface area contributed by atoms with Crippen LogP contribution in [0.25, 0.3) is 22.6 Å². The summed E-state index contributed by atoms with van der Waals surface area (Å²) < 4.78 is 5.30. The summed E-state index contributed by atoms with van der Waals surface area (Å²) in [7, 11) is 0. The summed E-state index contributed by atoms with van der Waals surface area (Å²) in [5.74, 6) is 0.581. The van der Waals surface area contributed by atoms with Gasteiger partial charge >= 0.3 is 6.09 Å². The molecule has 4 aromatic rings. The number of nitrogens with one attached hydrogen (secondary N) is 3. The van der Waals surface area contributed by atoms with E-state index in [1.54, 1.807) is 17.0 Å². The number of hydrogen-bond acceptors (Lipinski definition) is 5. The van der Waals surface area contributed by atoms with Crippen molar-refractivity contribution in [1.82, 2.24) is 20.2 Å². The molecule has 0 fully saturated rings. The monoisotopic (exact) mass is 478 g/mol. The fourth-order valence-electron chi connectivity index (χ4n) is 4.23. The number of halogens is 1. The van der Waals surface area contributed by atoms with Crippen LogP contribution >= 0.6 is 11.6 Å². The molecule has 0 saturated heterocycles. The number of nitrogens with zero attached hydrogens (tertiary/aromatic N) is 3. The molecule has 5 rings (SSSR count). The highest BCUT2D eigenvalue weighted by Gasteiger charge is 2.43. The summed E-state index contributed by atoms with van der Waals surface area (Å²) in [6, 6.07) is 11.0. The Morgan fingerprint density at radius 3 is 2.82 bits per heavy atom. The fraction of sp³-hybridized carbons (Fsp3) is 0.250. The minimum absolute atomic E-state index is 0.0390. The van der Waals surface area contributed by atoms with Crippen molar-refractivity contribution in [2.24, 2.45) is 0 Å². The molecule has 3 N–H and O–H groups in total. The number of amides is 2. The summed E-state index contributed by atoms with van der Waals surface area (Å²) in [4.78, 5) is 34.9. The average Bonchev–Trinajstić information content (AvgIpc) is 3.48. The zero-order valence-corrected chi connectivity index (χ0v) is 19.7. The second kappa shape index (κ2) is 8.18. The number of fused-ring (bicyclic) bond motifs is 2. The van der Waals surface area contributed by atoms with Crippen LogP contribution < -0.4 is 10.2 Å². The Morgan fingerprint density at radius 2 is 2.06 bits per heavy atom. The highest BCUT2D eigenvalue weighted by Crippen LogP contribution is 2.43. The molecule has 3 heterocycles. The van der Waals surface area contributed by atoms with E-state index in [0.29, 0.717) is 39.9 Å². The molecule has 9 nitrogen and oxygen atoms in total. The van der Waals surface area contributed by atoms with Crippen LogP contribution in [0.1, 0.15) is 31.9 Å². The third-order valence-electron chi connectivity index (χ3n) is 6.09. The van der Waals surface area contributed by atoms with E-state index in [9.17, 15) is 9.59 Å². The molecule has 0 aliphatic carbocycles. The van der Waals surface area contributed by atoms with Crippen molar-refractivity contribution in [3.05, 3.63) is 58.7 Å². The molecule has 1 aliphatic heterocycles. The number of carbonyl (C=O) groups excluding carboxylic acids is 2. The van der Waals surface area contributed by atoms with Crippen LogP contribution in [-0.2, 0) is 21.6 Å². The van der Waals surface area contributed by atoms with E-state index in [1.807, 2.05) is 45.0 Å². The molecule has 2 aromatic carbocycles. The maximum atomic E-state index is 12.8. The summed E-state index contributed by atoms with van der Waals surface area (Å²) in [6.07, 6.45) is 0.844. The Kier molecular flexibility index (Phi) is 5.28. The quantitative estimate of drug-likeness (QED) is 0.373. The maximum Gasteiger partial charge on any atom is 0.412 e. The number of hydrogen-bond donors (Lipinski definition) is 3. The largest absolute Gasteiger partial charge is 0.444 e. The normalized spacial score (nSPS) is 14.5. The van der Waals surface area contributed by atoms with Gasteiger partial charge in [0.15, 0.2) is 5.82 Å². The molecule has 0 spiro atoms. The Morgan fingerprint density at radius 1 is 1.26 bits per heavy atom. The highest BCUT2D eigenvalue weighted by molar-refractivity contribution is 6.31. The van der Waals surface area contributed by atoms with Crippen molar-refractivity contribution in [2.75, 3.05) is 16.8 Å². The molecule has 0 unspecified atom stereocenters. The minimum atomic E-state index is -0.642. The second-order valence-corrected chi connectivity index (χ2v) is 9.00. The molecule has 2 aromatic heterocycles. The number of ether oxygens (including phenoxy) is 1. The van der Waals surface area contributed by atoms with E-state index in [1.165, 1.54) is 6.20 Å². The van der Waals surface area contributed by atoms with Gasteiger partial charge in [0.25, 0.3) is 0 Å². The van der Waals surface area contributed by atoms with Crippen molar-refractivity contribution in [3.63, 3.8) is 0 Å². The third kappa shape index (κ3) is 3.58. The van der Waals surface area contributed by atoms with Crippen LogP contribution in [0, 0.1) is 0 Å². The van der Waals surface area contributed by atoms with Gasteiger partial charge in [0.2, 0.25) is 5.91 Å². The second-order valence-electron chi connectivity index (χ2n) is 8.60. The number of anilines is 2. The first-order valence-electron chi connectivity index (χ1n) is 10.9. The lowest BCUT2D eigenvalue weighted by atomic mass is 9.86. The molecule has 2 amide bonds. The van der Waals surface area contributed by atoms with Crippen molar-refractivity contribution in [2.45, 2.75) is 32.8 Å². The van der Waals surface area contributed by atoms with Gasteiger partial charge in [-0.05, 0) is 44.5 Å². The summed E-state index contributed by atoms with van der Waals surface area (Å²) in [5.41, 5.74) is 4.34. The van der Waals surface area contributed by atoms with E-state index < -0.39 is 11.5 Å². The first-order chi connectivity index (χ1) is 16.3. The molecule has 0 saturated carbocycles. The lowest BCUT2D eigenvalue weighted by Crippen LogP contribution is -2.35. The van der Waals surface area contributed by atoms with Gasteiger partial charge in [0.05, 0.1) is 34.0 Å². The molecule has 0 radical (unpaired) electrons. The molecule has 0 atom stereocenters. The van der Waals surface area contributed by atoms with E-state index >= 15 is 0 Å². The predicted octanol–water partition coefficient (Wildman–Crippen LogP) is 5.00. The lowest BCUT2D eigenvalue weighted by molar-refractivity contribution is -0.122. The zero-order chi connectivity index (χ0) is 24.0. The number of rotatable bonds is 5. The van der Waals surface area contributed by atoms with Crippen LogP contribution in [-0.4, -0.2) is 38.7 Å². The third-order valence-corrected chi connectivity index (χ3v) is 6.46. The van der Waals surface area contributed by atoms with Crippen molar-refractivity contribution in [1.29, 1.82) is 0 Å². The first-order valence-corrected chi connectivity index (χ1v) is 11.2. The fourth-order valence-corrected chi connectivity index (χ4v) is 4.42. The Bertz CT molecular complexity index is 1420. The molecule has 34 heavy (non-hydrogen) atoms. The maximum absolute atomic E-state index is 12.8. The van der Waals surface area contributed by atoms with Gasteiger partial charge in [-0.25, -0.2) is 9.78 Å². The molecule has 10 heteroatoms. The van der Waals surface area contributed by atoms with Gasteiger partial charge < -0.3 is 14.6 Å². The Balaban J connectivity index is 1.40. The number of carbonyl (C=O) groups is 2. The van der Waals surface area contributed by atoms with Crippen LogP contribution in [0.3, 0.4) is 0 Å². The average molecular weight is 479 g/mol. The van der Waals surface area contributed by atoms with E-state index in [-0.39, 0.29) is 12.5 Å². The van der Waals surface area contributed by atoms with Gasteiger partial charge in [-0.15, -0.1) is 0 Å². The number of aromatic amines is 2. The van der Waals surface area contributed by atoms with E-state index in [2.05, 4.69) is 25.5 Å². The van der Waals surface area contributed by atoms with Gasteiger partial charge in [-0.1, -0.05) is 29.8 Å². The van der Waals surface area contributed by atoms with Crippen LogP contribution in [0.15, 0.2) is 42.6 Å². The minimum Gasteiger partial charge on any atom is -0.444 e. The Labute approximate surface area is 200 Å². The summed E-state index contributed by atoms with van der Waals surface area (Å²) in [6.45, 7) is 6.44. The van der Waals surface area contributed by atoms with E-state index in [0.717, 1.165) is 16.8 Å². The van der Waals surface area contributed by atoms with Gasteiger partial charge in [-0.3, -0.25) is 15.2 Å². The van der Waals surface area contributed by atoms with Crippen LogP contribution in [0.5, 0.6) is 0 Å². The highest BCUT2D eigenvalue weighted by atomic mass is 35.5. The number of likely N-dealkylation sites (N-methyl/N-ethyl adjacent to an activating group) is 1. The zero-order valence-electron chi connectivity index (χ0n) is 18.9. The van der Waals surface area contributed by atoms with Crippen molar-refractivity contribution >= 4 is 46.0 Å². The smallest absolute Gasteiger partial charge is 0.412 e. The van der Waals surface area contributed by atoms with Crippen molar-refractivity contribution < 1.29 is 14.3 Å². The first kappa shape index (κ1) is 22.0.